The first-order valence-electron chi connectivity index (χ1n) is 10.00. The maximum absolute atomic E-state index is 13.9. The largest absolute Gasteiger partial charge is 0.467 e. The minimum atomic E-state index is -0.282. The summed E-state index contributed by atoms with van der Waals surface area (Å²) in [6, 6.07) is 2.98. The first-order valence-corrected chi connectivity index (χ1v) is 10.9. The smallest absolute Gasteiger partial charge is 0.194 e. The molecule has 1 aliphatic rings. The van der Waals surface area contributed by atoms with E-state index >= 15 is 0 Å². The lowest BCUT2D eigenvalue weighted by molar-refractivity contribution is -0.0172. The van der Waals surface area contributed by atoms with Gasteiger partial charge in [-0.3, -0.25) is 4.99 Å². The molecule has 0 radical (unpaired) electrons. The summed E-state index contributed by atoms with van der Waals surface area (Å²) in [6.07, 6.45) is 0.565. The number of nitrogens with zero attached hydrogens (tertiary/aromatic N) is 3. The summed E-state index contributed by atoms with van der Waals surface area (Å²) in [6.45, 7) is 6.47. The summed E-state index contributed by atoms with van der Waals surface area (Å²) >= 11 is 1.60. The molecule has 0 saturated heterocycles. The van der Waals surface area contributed by atoms with E-state index in [2.05, 4.69) is 10.3 Å². The maximum Gasteiger partial charge on any atom is 0.194 e. The Morgan fingerprint density at radius 1 is 1.47 bits per heavy atom. The van der Waals surface area contributed by atoms with Crippen LogP contribution in [0, 0.1) is 5.82 Å². The Bertz CT molecular complexity index is 874. The van der Waals surface area contributed by atoms with Crippen molar-refractivity contribution >= 4 is 17.3 Å². The van der Waals surface area contributed by atoms with Gasteiger partial charge < -0.3 is 24.4 Å². The lowest BCUT2D eigenvalue weighted by Gasteiger charge is -2.22. The van der Waals surface area contributed by atoms with Gasteiger partial charge in [0, 0.05) is 38.2 Å². The number of nitrogens with one attached hydrogen (secondary N) is 1. The monoisotopic (exact) mass is 436 g/mol. The Kier molecular flexibility index (Phi) is 8.01. The fraction of sp³-hybridized carbons (Fsp3) is 0.524. The van der Waals surface area contributed by atoms with Gasteiger partial charge in [-0.1, -0.05) is 0 Å². The summed E-state index contributed by atoms with van der Waals surface area (Å²) < 4.78 is 30.1. The third-order valence-electron chi connectivity index (χ3n) is 4.76. The van der Waals surface area contributed by atoms with Gasteiger partial charge in [0.2, 0.25) is 0 Å². The molecule has 1 aliphatic heterocycles. The molecule has 0 bridgehead atoms. The predicted molar refractivity (Wildman–Crippen MR) is 115 cm³/mol. The number of hydrogen-bond donors (Lipinski definition) is 1. The van der Waals surface area contributed by atoms with Gasteiger partial charge in [-0.15, -0.1) is 11.3 Å². The Hall–Kier alpha value is -2.23. The fourth-order valence-electron chi connectivity index (χ4n) is 3.20. The van der Waals surface area contributed by atoms with Crippen LogP contribution in [-0.2, 0) is 29.0 Å². The highest BCUT2D eigenvalue weighted by Gasteiger charge is 2.17. The number of benzene rings is 1. The molecular formula is C21H29FN4O3S. The molecule has 7 nitrogen and oxygen atoms in total. The molecule has 0 saturated carbocycles. The first kappa shape index (κ1) is 22.5. The number of aliphatic imine (C=N–C) groups is 1. The van der Waals surface area contributed by atoms with Crippen LogP contribution in [0.1, 0.15) is 41.8 Å². The van der Waals surface area contributed by atoms with E-state index in [4.69, 9.17) is 19.2 Å². The molecule has 3 rings (SSSR count). The van der Waals surface area contributed by atoms with Crippen LogP contribution in [0.3, 0.4) is 0 Å². The van der Waals surface area contributed by atoms with Gasteiger partial charge in [0.25, 0.3) is 0 Å². The molecule has 30 heavy (non-hydrogen) atoms. The van der Waals surface area contributed by atoms with E-state index in [1.165, 1.54) is 12.1 Å². The van der Waals surface area contributed by atoms with E-state index in [1.54, 1.807) is 18.4 Å². The quantitative estimate of drug-likeness (QED) is 0.505. The van der Waals surface area contributed by atoms with Gasteiger partial charge in [0.1, 0.15) is 22.7 Å². The molecule has 2 heterocycles. The standard InChI is InChI=1S/C21H29FN4O3S/c1-5-23-21(26(3)10-18-12-30-20(25-18)14(2)27-4)24-7-6-15-8-17(22)9-16-11-28-13-29-19(15)16/h8-9,12,14H,5-7,10-11,13H2,1-4H3,(H,23,24). The first-order chi connectivity index (χ1) is 14.5. The highest BCUT2D eigenvalue weighted by molar-refractivity contribution is 7.09. The third-order valence-corrected chi connectivity index (χ3v) is 5.82. The van der Waals surface area contributed by atoms with Gasteiger partial charge >= 0.3 is 0 Å². The second-order valence-electron chi connectivity index (χ2n) is 7.06. The number of aromatic nitrogens is 1. The molecule has 9 heteroatoms. The molecule has 1 atom stereocenters. The normalized spacial score (nSPS) is 14.8. The number of ether oxygens (including phenoxy) is 3. The molecule has 2 aromatic rings. The SMILES string of the molecule is CCNC(=NCCc1cc(F)cc2c1OCOC2)N(C)Cc1csc(C(C)OC)n1. The van der Waals surface area contributed by atoms with Gasteiger partial charge in [0.15, 0.2) is 12.8 Å². The molecule has 0 spiro atoms. The Morgan fingerprint density at radius 2 is 2.30 bits per heavy atom. The van der Waals surface area contributed by atoms with Gasteiger partial charge in [-0.2, -0.15) is 0 Å². The van der Waals surface area contributed by atoms with Crippen LogP contribution in [0.25, 0.3) is 0 Å². The third kappa shape index (κ3) is 5.68. The highest BCUT2D eigenvalue weighted by atomic mass is 32.1. The summed E-state index contributed by atoms with van der Waals surface area (Å²) in [5.74, 6) is 1.22. The van der Waals surface area contributed by atoms with Crippen LogP contribution in [0.15, 0.2) is 22.5 Å². The van der Waals surface area contributed by atoms with Crippen LogP contribution >= 0.6 is 11.3 Å². The fourth-order valence-corrected chi connectivity index (χ4v) is 4.04. The van der Waals surface area contributed by atoms with Gasteiger partial charge in [0.05, 0.1) is 18.8 Å². The van der Waals surface area contributed by atoms with Crippen molar-refractivity contribution in [3.8, 4) is 5.75 Å². The number of guanidine groups is 1. The molecular weight excluding hydrogens is 407 g/mol. The maximum atomic E-state index is 13.9. The number of halogens is 1. The molecule has 1 aromatic heterocycles. The average Bonchev–Trinajstić information content (AvgIpc) is 3.20. The van der Waals surface area contributed by atoms with Crippen molar-refractivity contribution in [2.45, 2.75) is 39.5 Å². The minimum Gasteiger partial charge on any atom is -0.467 e. The van der Waals surface area contributed by atoms with Crippen molar-refractivity contribution in [3.63, 3.8) is 0 Å². The van der Waals surface area contributed by atoms with Crippen molar-refractivity contribution in [1.82, 2.24) is 15.2 Å². The average molecular weight is 437 g/mol. The van der Waals surface area contributed by atoms with Gasteiger partial charge in [-0.05, 0) is 38.0 Å². The zero-order valence-electron chi connectivity index (χ0n) is 17.9. The molecule has 164 valence electrons. The van der Waals surface area contributed by atoms with Crippen molar-refractivity contribution in [2.24, 2.45) is 4.99 Å². The van der Waals surface area contributed by atoms with E-state index in [0.29, 0.717) is 26.1 Å². The molecule has 1 unspecified atom stereocenters. The van der Waals surface area contributed by atoms with Crippen LogP contribution in [0.2, 0.25) is 0 Å². The minimum absolute atomic E-state index is 0.0132. The molecule has 0 fully saturated rings. The molecule has 1 aromatic carbocycles. The zero-order chi connectivity index (χ0) is 21.5. The molecule has 0 amide bonds. The van der Waals surface area contributed by atoms with Crippen LogP contribution < -0.4 is 10.1 Å². The van der Waals surface area contributed by atoms with Crippen molar-refractivity contribution in [2.75, 3.05) is 34.0 Å². The van der Waals surface area contributed by atoms with Crippen LogP contribution in [0.4, 0.5) is 4.39 Å². The van der Waals surface area contributed by atoms with Gasteiger partial charge in [-0.25, -0.2) is 9.37 Å². The second-order valence-corrected chi connectivity index (χ2v) is 7.95. The van der Waals surface area contributed by atoms with E-state index in [1.807, 2.05) is 31.2 Å². The second kappa shape index (κ2) is 10.7. The summed E-state index contributed by atoms with van der Waals surface area (Å²) in [5, 5.41) is 6.31. The molecule has 0 aliphatic carbocycles. The number of fused-ring (bicyclic) bond motifs is 1. The van der Waals surface area contributed by atoms with E-state index in [0.717, 1.165) is 40.1 Å². The van der Waals surface area contributed by atoms with Crippen LogP contribution in [-0.4, -0.2) is 49.9 Å². The zero-order valence-corrected chi connectivity index (χ0v) is 18.7. The topological polar surface area (TPSA) is 68.2 Å². The van der Waals surface area contributed by atoms with E-state index in [-0.39, 0.29) is 18.7 Å². The van der Waals surface area contributed by atoms with E-state index in [9.17, 15) is 4.39 Å². The summed E-state index contributed by atoms with van der Waals surface area (Å²) in [7, 11) is 3.66. The number of methoxy groups -OCH3 is 1. The van der Waals surface area contributed by atoms with E-state index < -0.39 is 0 Å². The number of rotatable bonds is 8. The number of hydrogen-bond acceptors (Lipinski definition) is 6. The van der Waals surface area contributed by atoms with Crippen molar-refractivity contribution in [1.29, 1.82) is 0 Å². The Balaban J connectivity index is 1.66. The Morgan fingerprint density at radius 3 is 3.07 bits per heavy atom. The number of thiazole rings is 1. The summed E-state index contributed by atoms with van der Waals surface area (Å²) in [5.41, 5.74) is 2.53. The van der Waals surface area contributed by atoms with Crippen molar-refractivity contribution < 1.29 is 18.6 Å². The predicted octanol–water partition coefficient (Wildman–Crippen LogP) is 3.50. The van der Waals surface area contributed by atoms with Crippen LogP contribution in [0.5, 0.6) is 5.75 Å². The lowest BCUT2D eigenvalue weighted by atomic mass is 10.1. The highest BCUT2D eigenvalue weighted by Crippen LogP contribution is 2.29. The Labute approximate surface area is 180 Å². The van der Waals surface area contributed by atoms with Crippen molar-refractivity contribution in [3.05, 3.63) is 45.2 Å². The lowest BCUT2D eigenvalue weighted by Crippen LogP contribution is -2.38. The molecule has 1 N–H and O–H groups in total. The summed E-state index contributed by atoms with van der Waals surface area (Å²) in [4.78, 5) is 11.4.